The molecule has 0 fully saturated rings. The van der Waals surface area contributed by atoms with E-state index < -0.39 is 0 Å². The van der Waals surface area contributed by atoms with Gasteiger partial charge in [-0.25, -0.2) is 0 Å². The number of hydrogen-bond donors (Lipinski definition) is 1. The molecule has 2 rings (SSSR count). The van der Waals surface area contributed by atoms with Crippen LogP contribution in [0.4, 0.5) is 5.69 Å². The van der Waals surface area contributed by atoms with E-state index in [1.807, 2.05) is 29.5 Å². The molecule has 0 aliphatic rings. The lowest BCUT2D eigenvalue weighted by atomic mass is 10.3. The van der Waals surface area contributed by atoms with Gasteiger partial charge in [-0.2, -0.15) is 0 Å². The third-order valence-electron chi connectivity index (χ3n) is 2.20. The summed E-state index contributed by atoms with van der Waals surface area (Å²) in [4.78, 5) is 2.70. The summed E-state index contributed by atoms with van der Waals surface area (Å²) >= 11 is 8.90. The summed E-state index contributed by atoms with van der Waals surface area (Å²) in [5, 5.41) is 3.43. The minimum atomic E-state index is 0.861. The molecular formula is C12H11Br2NS. The number of nitrogens with one attached hydrogen (secondary N) is 1. The van der Waals surface area contributed by atoms with Crippen LogP contribution in [0.25, 0.3) is 0 Å². The maximum absolute atomic E-state index is 3.54. The molecule has 0 atom stereocenters. The second-order valence-electron chi connectivity index (χ2n) is 3.46. The highest BCUT2D eigenvalue weighted by molar-refractivity contribution is 9.11. The molecule has 1 N–H and O–H groups in total. The summed E-state index contributed by atoms with van der Waals surface area (Å²) in [6.07, 6.45) is 0. The first kappa shape index (κ1) is 12.1. The normalized spacial score (nSPS) is 10.4. The molecule has 0 bridgehead atoms. The van der Waals surface area contributed by atoms with Gasteiger partial charge in [-0.1, -0.05) is 6.07 Å². The lowest BCUT2D eigenvalue weighted by Crippen LogP contribution is -1.98. The zero-order valence-corrected chi connectivity index (χ0v) is 12.7. The predicted molar refractivity (Wildman–Crippen MR) is 78.2 cm³/mol. The standard InChI is InChI=1S/C12H11Br2NS/c1-8-5-6-9(16-8)7-15-12-10(13)3-2-4-11(12)14/h2-6,15H,7H2,1H3. The van der Waals surface area contributed by atoms with Crippen molar-refractivity contribution in [3.05, 3.63) is 49.0 Å². The summed E-state index contributed by atoms with van der Waals surface area (Å²) in [5.74, 6) is 0. The molecule has 0 amide bonds. The Balaban J connectivity index is 2.10. The summed E-state index contributed by atoms with van der Waals surface area (Å²) in [6.45, 7) is 2.99. The Kier molecular flexibility index (Phi) is 4.05. The van der Waals surface area contributed by atoms with E-state index in [1.54, 1.807) is 0 Å². The summed E-state index contributed by atoms with van der Waals surface area (Å²) in [6, 6.07) is 10.4. The molecule has 84 valence electrons. The van der Waals surface area contributed by atoms with Crippen molar-refractivity contribution in [2.75, 3.05) is 5.32 Å². The third-order valence-corrected chi connectivity index (χ3v) is 4.52. The minimum Gasteiger partial charge on any atom is -0.378 e. The third kappa shape index (κ3) is 2.87. The van der Waals surface area contributed by atoms with Crippen molar-refractivity contribution in [1.29, 1.82) is 0 Å². The van der Waals surface area contributed by atoms with Gasteiger partial charge in [0.2, 0.25) is 0 Å². The van der Waals surface area contributed by atoms with E-state index in [0.29, 0.717) is 0 Å². The van der Waals surface area contributed by atoms with Crippen molar-refractivity contribution in [2.45, 2.75) is 13.5 Å². The van der Waals surface area contributed by atoms with Gasteiger partial charge < -0.3 is 5.32 Å². The molecule has 2 aromatic rings. The van der Waals surface area contributed by atoms with Crippen LogP contribution in [0.3, 0.4) is 0 Å². The Morgan fingerprint density at radius 3 is 2.38 bits per heavy atom. The van der Waals surface area contributed by atoms with Gasteiger partial charge in [-0.05, 0) is 63.0 Å². The number of anilines is 1. The van der Waals surface area contributed by atoms with Gasteiger partial charge in [0, 0.05) is 25.2 Å². The Bertz CT molecular complexity index is 473. The average Bonchev–Trinajstić information content (AvgIpc) is 2.63. The van der Waals surface area contributed by atoms with E-state index in [-0.39, 0.29) is 0 Å². The molecular weight excluding hydrogens is 350 g/mol. The quantitative estimate of drug-likeness (QED) is 0.793. The molecule has 0 saturated carbocycles. The van der Waals surface area contributed by atoms with Gasteiger partial charge in [0.25, 0.3) is 0 Å². The Hall–Kier alpha value is -0.320. The fourth-order valence-corrected chi connectivity index (χ4v) is 3.53. The summed E-state index contributed by atoms with van der Waals surface area (Å²) < 4.78 is 2.16. The number of thiophene rings is 1. The molecule has 1 heterocycles. The van der Waals surface area contributed by atoms with Crippen molar-refractivity contribution >= 4 is 48.9 Å². The van der Waals surface area contributed by atoms with Crippen LogP contribution < -0.4 is 5.32 Å². The topological polar surface area (TPSA) is 12.0 Å². The first-order valence-corrected chi connectivity index (χ1v) is 7.30. The Labute approximate surface area is 116 Å². The molecule has 0 radical (unpaired) electrons. The highest BCUT2D eigenvalue weighted by Gasteiger charge is 2.04. The molecule has 1 nitrogen and oxygen atoms in total. The van der Waals surface area contributed by atoms with E-state index in [9.17, 15) is 0 Å². The lowest BCUT2D eigenvalue weighted by Gasteiger charge is -2.09. The average molecular weight is 361 g/mol. The van der Waals surface area contributed by atoms with Crippen LogP contribution >= 0.6 is 43.2 Å². The molecule has 1 aromatic carbocycles. The zero-order chi connectivity index (χ0) is 11.5. The Morgan fingerprint density at radius 2 is 1.81 bits per heavy atom. The van der Waals surface area contributed by atoms with Crippen molar-refractivity contribution in [3.63, 3.8) is 0 Å². The smallest absolute Gasteiger partial charge is 0.0631 e. The van der Waals surface area contributed by atoms with Crippen LogP contribution in [0.15, 0.2) is 39.3 Å². The second-order valence-corrected chi connectivity index (χ2v) is 6.54. The maximum atomic E-state index is 3.54. The predicted octanol–water partition coefficient (Wildman–Crippen LogP) is 5.19. The molecule has 1 aromatic heterocycles. The van der Waals surface area contributed by atoms with E-state index in [4.69, 9.17) is 0 Å². The highest BCUT2D eigenvalue weighted by Crippen LogP contribution is 2.31. The zero-order valence-electron chi connectivity index (χ0n) is 8.76. The van der Waals surface area contributed by atoms with Gasteiger partial charge in [0.05, 0.1) is 5.69 Å². The summed E-state index contributed by atoms with van der Waals surface area (Å²) in [7, 11) is 0. The Morgan fingerprint density at radius 1 is 1.12 bits per heavy atom. The SMILES string of the molecule is Cc1ccc(CNc2c(Br)cccc2Br)s1. The number of halogens is 2. The maximum Gasteiger partial charge on any atom is 0.0631 e. The van der Waals surface area contributed by atoms with Crippen molar-refractivity contribution < 1.29 is 0 Å². The number of hydrogen-bond acceptors (Lipinski definition) is 2. The van der Waals surface area contributed by atoms with Gasteiger partial charge in [-0.15, -0.1) is 11.3 Å². The highest BCUT2D eigenvalue weighted by atomic mass is 79.9. The lowest BCUT2D eigenvalue weighted by molar-refractivity contribution is 1.18. The summed E-state index contributed by atoms with van der Waals surface area (Å²) in [5.41, 5.74) is 1.11. The first-order valence-electron chi connectivity index (χ1n) is 4.90. The number of benzene rings is 1. The van der Waals surface area contributed by atoms with E-state index in [2.05, 4.69) is 56.2 Å². The number of rotatable bonds is 3. The molecule has 16 heavy (non-hydrogen) atoms. The molecule has 0 unspecified atom stereocenters. The van der Waals surface area contributed by atoms with E-state index in [1.165, 1.54) is 9.75 Å². The van der Waals surface area contributed by atoms with Gasteiger partial charge in [0.15, 0.2) is 0 Å². The monoisotopic (exact) mass is 359 g/mol. The molecule has 0 saturated heterocycles. The van der Waals surface area contributed by atoms with Crippen LogP contribution in [-0.4, -0.2) is 0 Å². The minimum absolute atomic E-state index is 0.861. The number of aryl methyl sites for hydroxylation is 1. The van der Waals surface area contributed by atoms with E-state index >= 15 is 0 Å². The van der Waals surface area contributed by atoms with Crippen molar-refractivity contribution in [1.82, 2.24) is 0 Å². The molecule has 0 aliphatic carbocycles. The van der Waals surface area contributed by atoms with Gasteiger partial charge in [0.1, 0.15) is 0 Å². The van der Waals surface area contributed by atoms with Crippen LogP contribution in [0.1, 0.15) is 9.75 Å². The fraction of sp³-hybridized carbons (Fsp3) is 0.167. The van der Waals surface area contributed by atoms with Gasteiger partial charge in [-0.3, -0.25) is 0 Å². The fourth-order valence-electron chi connectivity index (χ4n) is 1.42. The van der Waals surface area contributed by atoms with Crippen LogP contribution in [0, 0.1) is 6.92 Å². The first-order chi connectivity index (χ1) is 7.66. The van der Waals surface area contributed by atoms with Crippen molar-refractivity contribution in [2.24, 2.45) is 0 Å². The van der Waals surface area contributed by atoms with E-state index in [0.717, 1.165) is 21.2 Å². The number of para-hydroxylation sites is 1. The van der Waals surface area contributed by atoms with Crippen LogP contribution in [-0.2, 0) is 6.54 Å². The van der Waals surface area contributed by atoms with Crippen LogP contribution in [0.2, 0.25) is 0 Å². The second kappa shape index (κ2) is 5.34. The molecule has 0 spiro atoms. The van der Waals surface area contributed by atoms with Crippen molar-refractivity contribution in [3.8, 4) is 0 Å². The van der Waals surface area contributed by atoms with Gasteiger partial charge >= 0.3 is 0 Å². The molecule has 0 aliphatic heterocycles. The largest absolute Gasteiger partial charge is 0.378 e. The van der Waals surface area contributed by atoms with Crippen LogP contribution in [0.5, 0.6) is 0 Å². The molecule has 4 heteroatoms.